The molecule has 0 spiro atoms. The number of rotatable bonds is 4. The van der Waals surface area contributed by atoms with Crippen LogP contribution in [0.3, 0.4) is 0 Å². The molecule has 0 saturated carbocycles. The predicted octanol–water partition coefficient (Wildman–Crippen LogP) is 3.53. The number of anilines is 1. The van der Waals surface area contributed by atoms with Gasteiger partial charge in [0.05, 0.1) is 12.8 Å². The van der Waals surface area contributed by atoms with E-state index in [1.165, 1.54) is 25.3 Å². The molecule has 31 heavy (non-hydrogen) atoms. The van der Waals surface area contributed by atoms with Gasteiger partial charge in [-0.1, -0.05) is 0 Å². The lowest BCUT2D eigenvalue weighted by Crippen LogP contribution is -2.47. The monoisotopic (exact) mass is 425 g/mol. The van der Waals surface area contributed by atoms with Crippen LogP contribution in [0, 0.1) is 12.7 Å². The van der Waals surface area contributed by atoms with Crippen LogP contribution in [-0.2, 0) is 0 Å². The van der Waals surface area contributed by atoms with E-state index in [0.717, 1.165) is 13.1 Å². The molecule has 2 amide bonds. The van der Waals surface area contributed by atoms with Crippen LogP contribution in [0.4, 0.5) is 10.1 Å². The van der Waals surface area contributed by atoms with Gasteiger partial charge in [-0.25, -0.2) is 4.39 Å². The van der Waals surface area contributed by atoms with Crippen molar-refractivity contribution in [2.24, 2.45) is 0 Å². The number of likely N-dealkylation sites (N-methyl/N-ethyl adjacent to an activating group) is 1. The van der Waals surface area contributed by atoms with Crippen LogP contribution in [0.2, 0.25) is 0 Å². The van der Waals surface area contributed by atoms with Gasteiger partial charge in [0.25, 0.3) is 11.8 Å². The molecule has 1 aliphatic heterocycles. The average Bonchev–Trinajstić information content (AvgIpc) is 3.09. The molecule has 0 radical (unpaired) electrons. The molecule has 0 atom stereocenters. The van der Waals surface area contributed by atoms with Crippen LogP contribution in [0.1, 0.15) is 26.5 Å². The molecular formula is C23H24FN3O4. The molecule has 3 aromatic rings. The average molecular weight is 425 g/mol. The highest BCUT2D eigenvalue weighted by molar-refractivity contribution is 6.07. The van der Waals surface area contributed by atoms with E-state index in [9.17, 15) is 14.0 Å². The minimum Gasteiger partial charge on any atom is -0.495 e. The SMILES string of the molecule is COc1ccc(C(=O)N2CCN(C)CC2)cc1NC(=O)c1oc2ccc(F)cc2c1C. The zero-order valence-corrected chi connectivity index (χ0v) is 17.7. The number of nitrogens with one attached hydrogen (secondary N) is 1. The number of furan rings is 1. The lowest BCUT2D eigenvalue weighted by atomic mass is 10.1. The molecule has 1 fully saturated rings. The number of halogens is 1. The molecule has 7 nitrogen and oxygen atoms in total. The summed E-state index contributed by atoms with van der Waals surface area (Å²) >= 11 is 0. The molecule has 8 heteroatoms. The lowest BCUT2D eigenvalue weighted by molar-refractivity contribution is 0.0664. The van der Waals surface area contributed by atoms with Crippen molar-refractivity contribution < 1.29 is 23.1 Å². The molecule has 2 aromatic carbocycles. The second kappa shape index (κ2) is 8.39. The molecule has 0 unspecified atom stereocenters. The number of fused-ring (bicyclic) bond motifs is 1. The Bertz CT molecular complexity index is 1150. The number of methoxy groups -OCH3 is 1. The molecule has 1 N–H and O–H groups in total. The van der Waals surface area contributed by atoms with Crippen molar-refractivity contribution in [1.29, 1.82) is 0 Å². The zero-order chi connectivity index (χ0) is 22.1. The van der Waals surface area contributed by atoms with Gasteiger partial charge < -0.3 is 24.3 Å². The summed E-state index contributed by atoms with van der Waals surface area (Å²) in [5.41, 5.74) is 1.79. The van der Waals surface area contributed by atoms with Gasteiger partial charge in [0.2, 0.25) is 0 Å². The smallest absolute Gasteiger partial charge is 0.291 e. The Morgan fingerprint density at radius 1 is 1.10 bits per heavy atom. The molecule has 2 heterocycles. The van der Waals surface area contributed by atoms with Gasteiger partial charge in [-0.2, -0.15) is 0 Å². The van der Waals surface area contributed by atoms with Gasteiger partial charge in [0.15, 0.2) is 5.76 Å². The maximum atomic E-state index is 13.6. The summed E-state index contributed by atoms with van der Waals surface area (Å²) in [6, 6.07) is 9.05. The Labute approximate surface area is 179 Å². The Morgan fingerprint density at radius 2 is 1.84 bits per heavy atom. The van der Waals surface area contributed by atoms with E-state index in [4.69, 9.17) is 9.15 Å². The fourth-order valence-corrected chi connectivity index (χ4v) is 3.72. The van der Waals surface area contributed by atoms with Crippen molar-refractivity contribution in [3.63, 3.8) is 0 Å². The number of amides is 2. The summed E-state index contributed by atoms with van der Waals surface area (Å²) in [7, 11) is 3.51. The van der Waals surface area contributed by atoms with E-state index in [1.807, 2.05) is 7.05 Å². The fourth-order valence-electron chi connectivity index (χ4n) is 3.72. The van der Waals surface area contributed by atoms with Gasteiger partial charge in [-0.15, -0.1) is 0 Å². The van der Waals surface area contributed by atoms with Crippen LogP contribution in [0.5, 0.6) is 5.75 Å². The van der Waals surface area contributed by atoms with E-state index in [0.29, 0.717) is 46.6 Å². The molecule has 1 aromatic heterocycles. The summed E-state index contributed by atoms with van der Waals surface area (Å²) in [4.78, 5) is 29.8. The Kier molecular flexibility index (Phi) is 5.65. The number of benzene rings is 2. The standard InChI is InChI=1S/C23H24FN3O4/c1-14-17-13-16(24)5-7-19(17)31-21(14)22(28)25-18-12-15(4-6-20(18)30-3)23(29)27-10-8-26(2)9-11-27/h4-7,12-13H,8-11H2,1-3H3,(H,25,28). The number of ether oxygens (including phenoxy) is 1. The van der Waals surface area contributed by atoms with E-state index in [-0.39, 0.29) is 11.7 Å². The number of nitrogens with zero attached hydrogens (tertiary/aromatic N) is 2. The molecule has 0 bridgehead atoms. The van der Waals surface area contributed by atoms with E-state index < -0.39 is 11.7 Å². The Balaban J connectivity index is 1.60. The number of aryl methyl sites for hydroxylation is 1. The van der Waals surface area contributed by atoms with Crippen LogP contribution >= 0.6 is 0 Å². The Hall–Kier alpha value is -3.39. The minimum absolute atomic E-state index is 0.0819. The second-order valence-electron chi connectivity index (χ2n) is 7.66. The van der Waals surface area contributed by atoms with Crippen LogP contribution in [0.25, 0.3) is 11.0 Å². The molecule has 1 aliphatic rings. The van der Waals surface area contributed by atoms with E-state index in [1.54, 1.807) is 30.0 Å². The van der Waals surface area contributed by atoms with Crippen molar-refractivity contribution in [2.75, 3.05) is 45.7 Å². The van der Waals surface area contributed by atoms with Gasteiger partial charge in [-0.05, 0) is 50.4 Å². The van der Waals surface area contributed by atoms with Crippen LogP contribution in [0.15, 0.2) is 40.8 Å². The number of hydrogen-bond acceptors (Lipinski definition) is 5. The highest BCUT2D eigenvalue weighted by atomic mass is 19.1. The quantitative estimate of drug-likeness (QED) is 0.692. The molecule has 162 valence electrons. The minimum atomic E-state index is -0.503. The number of hydrogen-bond donors (Lipinski definition) is 1. The molecule has 4 rings (SSSR count). The first-order chi connectivity index (χ1) is 14.9. The van der Waals surface area contributed by atoms with Gasteiger partial charge >= 0.3 is 0 Å². The molecule has 0 aliphatic carbocycles. The summed E-state index contributed by atoms with van der Waals surface area (Å²) in [5, 5.41) is 3.31. The van der Waals surface area contributed by atoms with Crippen molar-refractivity contribution >= 4 is 28.5 Å². The Morgan fingerprint density at radius 3 is 2.55 bits per heavy atom. The summed E-state index contributed by atoms with van der Waals surface area (Å²) in [6.45, 7) is 4.63. The van der Waals surface area contributed by atoms with Crippen molar-refractivity contribution in [2.45, 2.75) is 6.92 Å². The summed E-state index contributed by atoms with van der Waals surface area (Å²) in [5.74, 6) is -0.500. The summed E-state index contributed by atoms with van der Waals surface area (Å²) < 4.78 is 24.6. The fraction of sp³-hybridized carbons (Fsp3) is 0.304. The maximum Gasteiger partial charge on any atom is 0.291 e. The van der Waals surface area contributed by atoms with Crippen molar-refractivity contribution in [3.8, 4) is 5.75 Å². The first-order valence-corrected chi connectivity index (χ1v) is 10.0. The summed E-state index contributed by atoms with van der Waals surface area (Å²) in [6.07, 6.45) is 0. The van der Waals surface area contributed by atoms with E-state index >= 15 is 0 Å². The largest absolute Gasteiger partial charge is 0.495 e. The second-order valence-corrected chi connectivity index (χ2v) is 7.66. The van der Waals surface area contributed by atoms with Gasteiger partial charge in [-0.3, -0.25) is 9.59 Å². The van der Waals surface area contributed by atoms with Gasteiger partial charge in [0, 0.05) is 42.7 Å². The van der Waals surface area contributed by atoms with Crippen molar-refractivity contribution in [3.05, 3.63) is 59.1 Å². The van der Waals surface area contributed by atoms with E-state index in [2.05, 4.69) is 10.2 Å². The third-order valence-electron chi connectivity index (χ3n) is 5.59. The highest BCUT2D eigenvalue weighted by Gasteiger charge is 2.23. The first-order valence-electron chi connectivity index (χ1n) is 10.0. The predicted molar refractivity (Wildman–Crippen MR) is 115 cm³/mol. The maximum absolute atomic E-state index is 13.6. The number of carbonyl (C=O) groups excluding carboxylic acids is 2. The first kappa shape index (κ1) is 20.9. The third kappa shape index (κ3) is 4.11. The van der Waals surface area contributed by atoms with Crippen LogP contribution in [-0.4, -0.2) is 62.0 Å². The lowest BCUT2D eigenvalue weighted by Gasteiger charge is -2.32. The van der Waals surface area contributed by atoms with Gasteiger partial charge in [0.1, 0.15) is 17.1 Å². The third-order valence-corrected chi connectivity index (χ3v) is 5.59. The molecular weight excluding hydrogens is 401 g/mol. The number of piperazine rings is 1. The normalized spacial score (nSPS) is 14.6. The van der Waals surface area contributed by atoms with Crippen LogP contribution < -0.4 is 10.1 Å². The highest BCUT2D eigenvalue weighted by Crippen LogP contribution is 2.30. The number of carbonyl (C=O) groups is 2. The zero-order valence-electron chi connectivity index (χ0n) is 17.7. The van der Waals surface area contributed by atoms with Crippen molar-refractivity contribution in [1.82, 2.24) is 9.80 Å². The molecule has 1 saturated heterocycles. The topological polar surface area (TPSA) is 75.0 Å².